The average molecular weight is 282 g/mol. The van der Waals surface area contributed by atoms with Crippen LogP contribution in [0.3, 0.4) is 0 Å². The van der Waals surface area contributed by atoms with Crippen molar-refractivity contribution in [1.82, 2.24) is 0 Å². The summed E-state index contributed by atoms with van der Waals surface area (Å²) in [6, 6.07) is 13.9. The third-order valence-electron chi connectivity index (χ3n) is 3.26. The first-order valence-electron chi connectivity index (χ1n) is 6.83. The molecule has 0 bridgehead atoms. The topological polar surface area (TPSA) is 37.5 Å². The standard InChI is InChI=1S/C17H15FN2O/c1-2-16-15(14-5-3-4-6-17(14)21-16)11-19-20-13-9-7-12(18)8-10-13/h3-11,20H,2H2,1H3/b19-11-. The lowest BCUT2D eigenvalue weighted by atomic mass is 10.1. The normalized spacial score (nSPS) is 11.3. The van der Waals surface area contributed by atoms with Crippen LogP contribution in [-0.4, -0.2) is 6.21 Å². The van der Waals surface area contributed by atoms with E-state index in [1.165, 1.54) is 12.1 Å². The highest BCUT2D eigenvalue weighted by molar-refractivity contribution is 5.99. The first-order valence-corrected chi connectivity index (χ1v) is 6.83. The van der Waals surface area contributed by atoms with E-state index in [1.807, 2.05) is 31.2 Å². The Bertz CT molecular complexity index is 775. The summed E-state index contributed by atoms with van der Waals surface area (Å²) in [5.74, 6) is 0.638. The molecule has 1 heterocycles. The number of hydrogen-bond acceptors (Lipinski definition) is 3. The molecule has 1 N–H and O–H groups in total. The SMILES string of the molecule is CCc1oc2ccccc2c1/C=N\Nc1ccc(F)cc1. The van der Waals surface area contributed by atoms with Gasteiger partial charge < -0.3 is 4.42 Å². The number of anilines is 1. The summed E-state index contributed by atoms with van der Waals surface area (Å²) < 4.78 is 18.6. The summed E-state index contributed by atoms with van der Waals surface area (Å²) in [5.41, 5.74) is 5.46. The Balaban J connectivity index is 1.86. The second-order valence-corrected chi connectivity index (χ2v) is 4.67. The predicted molar refractivity (Wildman–Crippen MR) is 83.2 cm³/mol. The van der Waals surface area contributed by atoms with Crippen molar-refractivity contribution < 1.29 is 8.81 Å². The number of furan rings is 1. The van der Waals surface area contributed by atoms with Crippen molar-refractivity contribution in [2.45, 2.75) is 13.3 Å². The van der Waals surface area contributed by atoms with Crippen molar-refractivity contribution in [1.29, 1.82) is 0 Å². The highest BCUT2D eigenvalue weighted by Crippen LogP contribution is 2.24. The van der Waals surface area contributed by atoms with Crippen LogP contribution in [0.2, 0.25) is 0 Å². The van der Waals surface area contributed by atoms with Gasteiger partial charge in [0.1, 0.15) is 17.2 Å². The minimum Gasteiger partial charge on any atom is -0.460 e. The highest BCUT2D eigenvalue weighted by atomic mass is 19.1. The van der Waals surface area contributed by atoms with E-state index in [4.69, 9.17) is 4.42 Å². The Morgan fingerprint density at radius 2 is 1.90 bits per heavy atom. The van der Waals surface area contributed by atoms with Gasteiger partial charge in [0.25, 0.3) is 0 Å². The molecule has 3 rings (SSSR count). The van der Waals surface area contributed by atoms with Gasteiger partial charge in [0, 0.05) is 17.4 Å². The molecule has 0 aliphatic rings. The maximum Gasteiger partial charge on any atom is 0.134 e. The van der Waals surface area contributed by atoms with Crippen LogP contribution in [0.1, 0.15) is 18.2 Å². The maximum atomic E-state index is 12.8. The molecule has 3 nitrogen and oxygen atoms in total. The van der Waals surface area contributed by atoms with Gasteiger partial charge in [-0.15, -0.1) is 0 Å². The van der Waals surface area contributed by atoms with Gasteiger partial charge in [-0.25, -0.2) is 4.39 Å². The van der Waals surface area contributed by atoms with Crippen molar-refractivity contribution in [2.24, 2.45) is 5.10 Å². The first-order chi connectivity index (χ1) is 10.3. The zero-order valence-electron chi connectivity index (χ0n) is 11.6. The lowest BCUT2D eigenvalue weighted by Crippen LogP contribution is -1.92. The van der Waals surface area contributed by atoms with E-state index in [1.54, 1.807) is 18.3 Å². The van der Waals surface area contributed by atoms with Crippen LogP contribution in [0.4, 0.5) is 10.1 Å². The number of para-hydroxylation sites is 1. The fraction of sp³-hybridized carbons (Fsp3) is 0.118. The Kier molecular flexibility index (Phi) is 3.69. The van der Waals surface area contributed by atoms with E-state index < -0.39 is 0 Å². The van der Waals surface area contributed by atoms with E-state index in [-0.39, 0.29) is 5.82 Å². The van der Waals surface area contributed by atoms with Gasteiger partial charge in [-0.05, 0) is 30.3 Å². The molecule has 0 fully saturated rings. The van der Waals surface area contributed by atoms with Gasteiger partial charge in [-0.1, -0.05) is 25.1 Å². The van der Waals surface area contributed by atoms with Gasteiger partial charge in [-0.3, -0.25) is 5.43 Å². The summed E-state index contributed by atoms with van der Waals surface area (Å²) in [6.45, 7) is 2.04. The number of rotatable bonds is 4. The Morgan fingerprint density at radius 3 is 2.67 bits per heavy atom. The molecule has 0 atom stereocenters. The first kappa shape index (κ1) is 13.4. The van der Waals surface area contributed by atoms with Crippen molar-refractivity contribution in [3.05, 3.63) is 65.7 Å². The van der Waals surface area contributed by atoms with E-state index in [0.29, 0.717) is 0 Å². The maximum absolute atomic E-state index is 12.8. The van der Waals surface area contributed by atoms with Crippen LogP contribution in [0.25, 0.3) is 11.0 Å². The fourth-order valence-electron chi connectivity index (χ4n) is 2.22. The summed E-state index contributed by atoms with van der Waals surface area (Å²) in [7, 11) is 0. The molecular weight excluding hydrogens is 267 g/mol. The van der Waals surface area contributed by atoms with Gasteiger partial charge in [0.05, 0.1) is 11.9 Å². The van der Waals surface area contributed by atoms with E-state index >= 15 is 0 Å². The molecule has 1 aromatic heterocycles. The number of hydrazone groups is 1. The monoisotopic (exact) mass is 282 g/mol. The number of halogens is 1. The lowest BCUT2D eigenvalue weighted by molar-refractivity contribution is 0.556. The number of aryl methyl sites for hydroxylation is 1. The van der Waals surface area contributed by atoms with E-state index in [9.17, 15) is 4.39 Å². The molecule has 0 spiro atoms. The van der Waals surface area contributed by atoms with Gasteiger partial charge >= 0.3 is 0 Å². The zero-order valence-corrected chi connectivity index (χ0v) is 11.6. The number of nitrogens with one attached hydrogen (secondary N) is 1. The third-order valence-corrected chi connectivity index (χ3v) is 3.26. The van der Waals surface area contributed by atoms with Crippen LogP contribution in [0.15, 0.2) is 58.0 Å². The van der Waals surface area contributed by atoms with Crippen LogP contribution < -0.4 is 5.43 Å². The number of hydrogen-bond donors (Lipinski definition) is 1. The summed E-state index contributed by atoms with van der Waals surface area (Å²) >= 11 is 0. The Morgan fingerprint density at radius 1 is 1.14 bits per heavy atom. The van der Waals surface area contributed by atoms with Crippen LogP contribution >= 0.6 is 0 Å². The lowest BCUT2D eigenvalue weighted by Gasteiger charge is -1.99. The number of benzene rings is 2. The van der Waals surface area contributed by atoms with Crippen molar-refractivity contribution in [3.8, 4) is 0 Å². The van der Waals surface area contributed by atoms with Gasteiger partial charge in [0.15, 0.2) is 0 Å². The van der Waals surface area contributed by atoms with Crippen LogP contribution in [0, 0.1) is 5.82 Å². The molecule has 0 radical (unpaired) electrons. The third kappa shape index (κ3) is 2.79. The van der Waals surface area contributed by atoms with Crippen molar-refractivity contribution >= 4 is 22.9 Å². The number of nitrogens with zero attached hydrogens (tertiary/aromatic N) is 1. The average Bonchev–Trinajstić information content (AvgIpc) is 2.87. The molecule has 0 saturated carbocycles. The minimum atomic E-state index is -0.265. The molecule has 4 heteroatoms. The molecular formula is C17H15FN2O. The molecule has 0 amide bonds. The second-order valence-electron chi connectivity index (χ2n) is 4.67. The van der Waals surface area contributed by atoms with Crippen LogP contribution in [0.5, 0.6) is 0 Å². The summed E-state index contributed by atoms with van der Waals surface area (Å²) in [6.07, 6.45) is 2.54. The number of fused-ring (bicyclic) bond motifs is 1. The molecule has 3 aromatic rings. The van der Waals surface area contributed by atoms with Crippen LogP contribution in [-0.2, 0) is 6.42 Å². The van der Waals surface area contributed by atoms with Crippen molar-refractivity contribution in [3.63, 3.8) is 0 Å². The minimum absolute atomic E-state index is 0.265. The zero-order chi connectivity index (χ0) is 14.7. The molecule has 2 aromatic carbocycles. The molecule has 0 saturated heterocycles. The predicted octanol–water partition coefficient (Wildman–Crippen LogP) is 4.58. The largest absolute Gasteiger partial charge is 0.460 e. The summed E-state index contributed by atoms with van der Waals surface area (Å²) in [4.78, 5) is 0. The molecule has 0 aliphatic heterocycles. The van der Waals surface area contributed by atoms with E-state index in [0.717, 1.165) is 34.4 Å². The van der Waals surface area contributed by atoms with Gasteiger partial charge in [0.2, 0.25) is 0 Å². The Hall–Kier alpha value is -2.62. The Labute approximate surface area is 122 Å². The second kappa shape index (κ2) is 5.79. The van der Waals surface area contributed by atoms with Crippen molar-refractivity contribution in [2.75, 3.05) is 5.43 Å². The quantitative estimate of drug-likeness (QED) is 0.561. The highest BCUT2D eigenvalue weighted by Gasteiger charge is 2.10. The molecule has 21 heavy (non-hydrogen) atoms. The molecule has 0 aliphatic carbocycles. The van der Waals surface area contributed by atoms with Gasteiger partial charge in [-0.2, -0.15) is 5.10 Å². The molecule has 106 valence electrons. The molecule has 0 unspecified atom stereocenters. The summed E-state index contributed by atoms with van der Waals surface area (Å²) in [5, 5.41) is 5.26. The van der Waals surface area contributed by atoms with E-state index in [2.05, 4.69) is 10.5 Å². The smallest absolute Gasteiger partial charge is 0.134 e. The fourth-order valence-corrected chi connectivity index (χ4v) is 2.22.